The summed E-state index contributed by atoms with van der Waals surface area (Å²) in [7, 11) is 0. The van der Waals surface area contributed by atoms with E-state index in [1.165, 1.54) is 12.1 Å². The van der Waals surface area contributed by atoms with E-state index in [4.69, 9.17) is 0 Å². The number of carboxylic acids is 1. The van der Waals surface area contributed by atoms with Crippen molar-refractivity contribution in [2.75, 3.05) is 10.6 Å². The number of hydrogen-bond acceptors (Lipinski definition) is 4. The molecule has 0 saturated carbocycles. The summed E-state index contributed by atoms with van der Waals surface area (Å²) in [6.45, 7) is 3.70. The van der Waals surface area contributed by atoms with Crippen LogP contribution in [0.3, 0.4) is 0 Å². The molecule has 3 amide bonds. The van der Waals surface area contributed by atoms with Crippen molar-refractivity contribution in [3.05, 3.63) is 59.7 Å². The Morgan fingerprint density at radius 1 is 0.929 bits per heavy atom. The second-order valence-corrected chi connectivity index (χ2v) is 6.49. The number of hydrogen-bond donors (Lipinski definition) is 5. The average Bonchev–Trinajstić information content (AvgIpc) is 2.62. The maximum absolute atomic E-state index is 12.2. The molecule has 28 heavy (non-hydrogen) atoms. The Labute approximate surface area is 162 Å². The van der Waals surface area contributed by atoms with Crippen molar-refractivity contribution in [1.29, 1.82) is 0 Å². The zero-order valence-corrected chi connectivity index (χ0v) is 15.6. The Morgan fingerprint density at radius 2 is 1.50 bits per heavy atom. The molecule has 0 aliphatic rings. The number of benzene rings is 2. The van der Waals surface area contributed by atoms with Gasteiger partial charge in [-0.1, -0.05) is 18.2 Å². The summed E-state index contributed by atoms with van der Waals surface area (Å²) in [4.78, 5) is 35.0. The van der Waals surface area contributed by atoms with Crippen LogP contribution in [0.15, 0.2) is 48.5 Å². The van der Waals surface area contributed by atoms with Crippen molar-refractivity contribution < 1.29 is 24.6 Å². The van der Waals surface area contributed by atoms with Gasteiger partial charge in [-0.3, -0.25) is 4.79 Å². The van der Waals surface area contributed by atoms with E-state index in [9.17, 15) is 24.6 Å². The number of carboxylic acid groups (broad SMARTS) is 1. The van der Waals surface area contributed by atoms with Crippen LogP contribution >= 0.6 is 0 Å². The second-order valence-electron chi connectivity index (χ2n) is 6.49. The molecule has 1 atom stereocenters. The average molecular weight is 385 g/mol. The molecule has 2 rings (SSSR count). The molecule has 0 aliphatic carbocycles. The Hall–Kier alpha value is -3.39. The molecule has 0 aromatic heterocycles. The fraction of sp³-hybridized carbons (Fsp3) is 0.250. The molecular formula is C20H23N3O5. The lowest BCUT2D eigenvalue weighted by Crippen LogP contribution is -2.34. The van der Waals surface area contributed by atoms with Crippen LogP contribution in [0.5, 0.6) is 0 Å². The number of aliphatic hydroxyl groups excluding tert-OH is 1. The van der Waals surface area contributed by atoms with Gasteiger partial charge < -0.3 is 26.2 Å². The van der Waals surface area contributed by atoms with E-state index in [0.29, 0.717) is 11.4 Å². The van der Waals surface area contributed by atoms with Crippen molar-refractivity contribution in [3.8, 4) is 0 Å². The van der Waals surface area contributed by atoms with Crippen molar-refractivity contribution >= 4 is 29.3 Å². The minimum Gasteiger partial charge on any atom is -0.478 e. The minimum atomic E-state index is -1.24. The Balaban J connectivity index is 1.94. The molecule has 0 fully saturated rings. The van der Waals surface area contributed by atoms with Crippen molar-refractivity contribution in [2.24, 2.45) is 0 Å². The van der Waals surface area contributed by atoms with Gasteiger partial charge in [0.25, 0.3) is 0 Å². The first-order chi connectivity index (χ1) is 13.3. The summed E-state index contributed by atoms with van der Waals surface area (Å²) in [6.07, 6.45) is -1.53. The van der Waals surface area contributed by atoms with Crippen molar-refractivity contribution in [3.63, 3.8) is 0 Å². The largest absolute Gasteiger partial charge is 0.478 e. The van der Waals surface area contributed by atoms with E-state index < -0.39 is 18.0 Å². The van der Waals surface area contributed by atoms with Gasteiger partial charge in [0.15, 0.2) is 0 Å². The highest BCUT2D eigenvalue weighted by Crippen LogP contribution is 2.22. The summed E-state index contributed by atoms with van der Waals surface area (Å²) in [5, 5.41) is 27.4. The van der Waals surface area contributed by atoms with Crippen LogP contribution in [0.25, 0.3) is 0 Å². The lowest BCUT2D eigenvalue weighted by Gasteiger charge is -2.14. The number of anilines is 2. The lowest BCUT2D eigenvalue weighted by molar-refractivity contribution is -0.118. The quantitative estimate of drug-likeness (QED) is 0.501. The molecule has 0 radical (unpaired) electrons. The summed E-state index contributed by atoms with van der Waals surface area (Å²) >= 11 is 0. The predicted molar refractivity (Wildman–Crippen MR) is 105 cm³/mol. The van der Waals surface area contributed by atoms with Crippen LogP contribution < -0.4 is 16.0 Å². The fourth-order valence-electron chi connectivity index (χ4n) is 2.55. The summed E-state index contributed by atoms with van der Waals surface area (Å²) in [5.74, 6) is -1.63. The zero-order chi connectivity index (χ0) is 20.7. The summed E-state index contributed by atoms with van der Waals surface area (Å²) in [6, 6.07) is 12.2. The van der Waals surface area contributed by atoms with Gasteiger partial charge in [-0.05, 0) is 49.7 Å². The van der Waals surface area contributed by atoms with Gasteiger partial charge in [0.1, 0.15) is 0 Å². The molecule has 5 N–H and O–H groups in total. The number of carbonyl (C=O) groups is 3. The first-order valence-corrected chi connectivity index (χ1v) is 8.74. The Morgan fingerprint density at radius 3 is 2.07 bits per heavy atom. The maximum Gasteiger partial charge on any atom is 0.336 e. The molecule has 8 nitrogen and oxygen atoms in total. The first-order valence-electron chi connectivity index (χ1n) is 8.74. The van der Waals surface area contributed by atoms with E-state index in [-0.39, 0.29) is 29.6 Å². The third kappa shape index (κ3) is 6.10. The topological polar surface area (TPSA) is 128 Å². The van der Waals surface area contributed by atoms with Crippen LogP contribution in [-0.4, -0.2) is 34.2 Å². The Bertz CT molecular complexity index is 849. The Kier molecular flexibility index (Phi) is 7.11. The van der Waals surface area contributed by atoms with E-state index in [1.54, 1.807) is 36.4 Å². The van der Waals surface area contributed by atoms with Crippen LogP contribution in [0.1, 0.15) is 42.3 Å². The molecular weight excluding hydrogens is 362 g/mol. The lowest BCUT2D eigenvalue weighted by atomic mass is 10.00. The van der Waals surface area contributed by atoms with Gasteiger partial charge in [-0.2, -0.15) is 0 Å². The van der Waals surface area contributed by atoms with Gasteiger partial charge in [0.05, 0.1) is 18.1 Å². The number of carbonyl (C=O) groups excluding carboxylic acids is 2. The van der Waals surface area contributed by atoms with E-state index in [0.717, 1.165) is 0 Å². The third-order valence-corrected chi connectivity index (χ3v) is 3.78. The molecule has 0 saturated heterocycles. The molecule has 0 aliphatic heterocycles. The smallest absolute Gasteiger partial charge is 0.336 e. The van der Waals surface area contributed by atoms with Gasteiger partial charge in [0, 0.05) is 17.4 Å². The number of rotatable bonds is 7. The van der Waals surface area contributed by atoms with E-state index >= 15 is 0 Å². The first kappa shape index (κ1) is 20.9. The van der Waals surface area contributed by atoms with E-state index in [2.05, 4.69) is 16.0 Å². The highest BCUT2D eigenvalue weighted by molar-refractivity contribution is 5.93. The molecule has 0 heterocycles. The third-order valence-electron chi connectivity index (χ3n) is 3.78. The number of aliphatic hydroxyl groups is 1. The monoisotopic (exact) mass is 385 g/mol. The van der Waals surface area contributed by atoms with Gasteiger partial charge >= 0.3 is 12.0 Å². The van der Waals surface area contributed by atoms with Gasteiger partial charge in [-0.15, -0.1) is 0 Å². The molecule has 2 aromatic carbocycles. The number of urea groups is 1. The predicted octanol–water partition coefficient (Wildman–Crippen LogP) is 2.98. The second kappa shape index (κ2) is 9.52. The maximum atomic E-state index is 12.2. The SMILES string of the molecule is CC(C)NC(=O)Nc1ccc(NC(=O)CC(O)c2ccccc2C(=O)O)cc1. The number of nitrogens with one attached hydrogen (secondary N) is 3. The van der Waals surface area contributed by atoms with Crippen LogP contribution in [0.4, 0.5) is 16.2 Å². The summed E-state index contributed by atoms with van der Waals surface area (Å²) < 4.78 is 0. The van der Waals surface area contributed by atoms with Gasteiger partial charge in [0.2, 0.25) is 5.91 Å². The van der Waals surface area contributed by atoms with Crippen LogP contribution in [0, 0.1) is 0 Å². The summed E-state index contributed by atoms with van der Waals surface area (Å²) in [5.41, 5.74) is 1.18. The molecule has 8 heteroatoms. The number of amides is 3. The highest BCUT2D eigenvalue weighted by atomic mass is 16.4. The van der Waals surface area contributed by atoms with Gasteiger partial charge in [-0.25, -0.2) is 9.59 Å². The molecule has 0 spiro atoms. The zero-order valence-electron chi connectivity index (χ0n) is 15.6. The molecule has 1 unspecified atom stereocenters. The standard InChI is InChI=1S/C20H23N3O5/c1-12(2)21-20(28)23-14-9-7-13(8-10-14)22-18(25)11-17(24)15-5-3-4-6-16(15)19(26)27/h3-10,12,17,24H,11H2,1-2H3,(H,22,25)(H,26,27)(H2,21,23,28). The molecule has 148 valence electrons. The molecule has 0 bridgehead atoms. The minimum absolute atomic E-state index is 0.0104. The fourth-order valence-corrected chi connectivity index (χ4v) is 2.55. The van der Waals surface area contributed by atoms with E-state index in [1.807, 2.05) is 13.8 Å². The molecule has 2 aromatic rings. The number of aromatic carboxylic acids is 1. The van der Waals surface area contributed by atoms with Crippen LogP contribution in [-0.2, 0) is 4.79 Å². The highest BCUT2D eigenvalue weighted by Gasteiger charge is 2.19. The van der Waals surface area contributed by atoms with Crippen molar-refractivity contribution in [1.82, 2.24) is 5.32 Å². The normalized spacial score (nSPS) is 11.6. The van der Waals surface area contributed by atoms with Crippen molar-refractivity contribution in [2.45, 2.75) is 32.4 Å². The van der Waals surface area contributed by atoms with Crippen LogP contribution in [0.2, 0.25) is 0 Å².